The zero-order chi connectivity index (χ0) is 17.8. The first kappa shape index (κ1) is 20.3. The molecular weight excluding hydrogens is 379 g/mol. The van der Waals surface area contributed by atoms with Crippen molar-refractivity contribution >= 4 is 29.7 Å². The largest absolute Gasteiger partial charge is 0.494 e. The number of anilines is 1. The van der Waals surface area contributed by atoms with E-state index in [0.717, 1.165) is 56.5 Å². The molecule has 27 heavy (non-hydrogen) atoms. The minimum Gasteiger partial charge on any atom is -0.494 e. The number of hydrogen-bond donors (Lipinski definition) is 0. The molecule has 3 nitrogen and oxygen atoms in total. The SMILES string of the molecule is Cl.Clc1ccc(N2CCN(CCCOc3ccc4c(c3)CCC4)CC2)cc1. The summed E-state index contributed by atoms with van der Waals surface area (Å²) in [5.41, 5.74) is 4.27. The van der Waals surface area contributed by atoms with Crippen molar-refractivity contribution in [1.82, 2.24) is 4.90 Å². The molecule has 0 unspecified atom stereocenters. The molecule has 0 amide bonds. The van der Waals surface area contributed by atoms with Gasteiger partial charge in [-0.05, 0) is 73.2 Å². The number of halogens is 2. The Morgan fingerprint density at radius 2 is 1.63 bits per heavy atom. The second kappa shape index (κ2) is 9.68. The number of ether oxygens (including phenoxy) is 1. The second-order valence-electron chi connectivity index (χ2n) is 7.29. The lowest BCUT2D eigenvalue weighted by Crippen LogP contribution is -2.46. The third kappa shape index (κ3) is 5.31. The highest BCUT2D eigenvalue weighted by Crippen LogP contribution is 2.26. The van der Waals surface area contributed by atoms with Gasteiger partial charge in [0.2, 0.25) is 0 Å². The molecular formula is C22H28Cl2N2O. The molecule has 0 N–H and O–H groups in total. The lowest BCUT2D eigenvalue weighted by atomic mass is 10.1. The van der Waals surface area contributed by atoms with E-state index in [2.05, 4.69) is 40.1 Å². The van der Waals surface area contributed by atoms with Gasteiger partial charge in [-0.1, -0.05) is 17.7 Å². The summed E-state index contributed by atoms with van der Waals surface area (Å²) in [4.78, 5) is 4.98. The van der Waals surface area contributed by atoms with E-state index in [0.29, 0.717) is 0 Å². The van der Waals surface area contributed by atoms with Crippen LogP contribution < -0.4 is 9.64 Å². The van der Waals surface area contributed by atoms with E-state index < -0.39 is 0 Å². The Labute approximate surface area is 173 Å². The van der Waals surface area contributed by atoms with Gasteiger partial charge in [-0.2, -0.15) is 0 Å². The number of piperazine rings is 1. The fraction of sp³-hybridized carbons (Fsp3) is 0.455. The van der Waals surface area contributed by atoms with Crippen molar-refractivity contribution < 1.29 is 4.74 Å². The maximum atomic E-state index is 5.98. The Kier molecular flexibility index (Phi) is 7.28. The highest BCUT2D eigenvalue weighted by atomic mass is 35.5. The molecule has 0 bridgehead atoms. The van der Waals surface area contributed by atoms with Gasteiger partial charge in [0.15, 0.2) is 0 Å². The molecule has 1 heterocycles. The summed E-state index contributed by atoms with van der Waals surface area (Å²) in [6, 6.07) is 14.8. The van der Waals surface area contributed by atoms with Crippen molar-refractivity contribution in [2.45, 2.75) is 25.7 Å². The Balaban J connectivity index is 0.00000210. The van der Waals surface area contributed by atoms with Crippen LogP contribution in [0.15, 0.2) is 42.5 Å². The van der Waals surface area contributed by atoms with E-state index in [4.69, 9.17) is 16.3 Å². The topological polar surface area (TPSA) is 15.7 Å². The van der Waals surface area contributed by atoms with E-state index in [1.165, 1.54) is 36.1 Å². The molecule has 2 aliphatic rings. The average Bonchev–Trinajstić information content (AvgIpc) is 3.14. The van der Waals surface area contributed by atoms with Crippen LogP contribution in [-0.4, -0.2) is 44.2 Å². The minimum absolute atomic E-state index is 0. The minimum atomic E-state index is 0. The van der Waals surface area contributed by atoms with Gasteiger partial charge >= 0.3 is 0 Å². The molecule has 146 valence electrons. The zero-order valence-corrected chi connectivity index (χ0v) is 17.3. The molecule has 0 atom stereocenters. The number of rotatable bonds is 6. The fourth-order valence-electron chi connectivity index (χ4n) is 4.00. The van der Waals surface area contributed by atoms with Crippen molar-refractivity contribution in [3.63, 3.8) is 0 Å². The van der Waals surface area contributed by atoms with Crippen LogP contribution in [0, 0.1) is 0 Å². The van der Waals surface area contributed by atoms with Gasteiger partial charge in [-0.15, -0.1) is 12.4 Å². The Bertz CT molecular complexity index is 728. The molecule has 1 aliphatic carbocycles. The standard InChI is InChI=1S/C22H27ClN2O.ClH/c23-20-6-8-21(9-7-20)25-14-12-24(13-15-25)11-2-16-26-22-10-5-18-3-1-4-19(18)17-22;/h5-10,17H,1-4,11-16H2;1H. The molecule has 0 saturated carbocycles. The van der Waals surface area contributed by atoms with Crippen molar-refractivity contribution in [2.75, 3.05) is 44.2 Å². The molecule has 2 aromatic rings. The van der Waals surface area contributed by atoms with Crippen LogP contribution in [0.4, 0.5) is 5.69 Å². The first-order chi connectivity index (χ1) is 12.8. The van der Waals surface area contributed by atoms with E-state index in [-0.39, 0.29) is 12.4 Å². The summed E-state index contributed by atoms with van der Waals surface area (Å²) in [5.74, 6) is 1.04. The van der Waals surface area contributed by atoms with Gasteiger partial charge in [-0.3, -0.25) is 4.90 Å². The number of aryl methyl sites for hydroxylation is 2. The van der Waals surface area contributed by atoms with Crippen molar-refractivity contribution in [1.29, 1.82) is 0 Å². The van der Waals surface area contributed by atoms with Crippen LogP contribution in [0.1, 0.15) is 24.0 Å². The summed E-state index contributed by atoms with van der Waals surface area (Å²) in [7, 11) is 0. The lowest BCUT2D eigenvalue weighted by molar-refractivity contribution is 0.224. The van der Waals surface area contributed by atoms with Gasteiger partial charge < -0.3 is 9.64 Å². The summed E-state index contributed by atoms with van der Waals surface area (Å²) >= 11 is 5.98. The molecule has 1 aliphatic heterocycles. The first-order valence-electron chi connectivity index (χ1n) is 9.75. The predicted octanol–water partition coefficient (Wildman–Crippen LogP) is 4.84. The second-order valence-corrected chi connectivity index (χ2v) is 7.73. The first-order valence-corrected chi connectivity index (χ1v) is 10.1. The van der Waals surface area contributed by atoms with Crippen molar-refractivity contribution in [3.05, 3.63) is 58.6 Å². The highest BCUT2D eigenvalue weighted by Gasteiger charge is 2.17. The summed E-state index contributed by atoms with van der Waals surface area (Å²) in [6.45, 7) is 6.29. The number of benzene rings is 2. The maximum Gasteiger partial charge on any atom is 0.119 e. The third-order valence-electron chi connectivity index (χ3n) is 5.52. The van der Waals surface area contributed by atoms with Crippen LogP contribution >= 0.6 is 24.0 Å². The molecule has 1 fully saturated rings. The van der Waals surface area contributed by atoms with Crippen LogP contribution in [0.2, 0.25) is 5.02 Å². The summed E-state index contributed by atoms with van der Waals surface area (Å²) < 4.78 is 5.97. The van der Waals surface area contributed by atoms with Crippen molar-refractivity contribution in [3.8, 4) is 5.75 Å². The van der Waals surface area contributed by atoms with Gasteiger partial charge in [0.25, 0.3) is 0 Å². The number of nitrogens with zero attached hydrogens (tertiary/aromatic N) is 2. The highest BCUT2D eigenvalue weighted by molar-refractivity contribution is 6.30. The molecule has 0 aromatic heterocycles. The zero-order valence-electron chi connectivity index (χ0n) is 15.7. The Morgan fingerprint density at radius 3 is 2.41 bits per heavy atom. The Hall–Kier alpha value is -1.42. The number of fused-ring (bicyclic) bond motifs is 1. The van der Waals surface area contributed by atoms with Gasteiger partial charge in [0, 0.05) is 43.4 Å². The van der Waals surface area contributed by atoms with Crippen LogP contribution in [0.25, 0.3) is 0 Å². The van der Waals surface area contributed by atoms with E-state index in [1.54, 1.807) is 0 Å². The molecule has 0 radical (unpaired) electrons. The number of hydrogen-bond acceptors (Lipinski definition) is 3. The van der Waals surface area contributed by atoms with Crippen LogP contribution in [0.3, 0.4) is 0 Å². The van der Waals surface area contributed by atoms with E-state index in [1.807, 2.05) is 12.1 Å². The van der Waals surface area contributed by atoms with Crippen LogP contribution in [-0.2, 0) is 12.8 Å². The van der Waals surface area contributed by atoms with Crippen molar-refractivity contribution in [2.24, 2.45) is 0 Å². The maximum absolute atomic E-state index is 5.98. The normalized spacial score (nSPS) is 16.7. The molecule has 4 rings (SSSR count). The molecule has 0 spiro atoms. The monoisotopic (exact) mass is 406 g/mol. The predicted molar refractivity (Wildman–Crippen MR) is 116 cm³/mol. The van der Waals surface area contributed by atoms with Gasteiger partial charge in [0.05, 0.1) is 6.61 Å². The molecule has 2 aromatic carbocycles. The van der Waals surface area contributed by atoms with Crippen LogP contribution in [0.5, 0.6) is 5.75 Å². The average molecular weight is 407 g/mol. The lowest BCUT2D eigenvalue weighted by Gasteiger charge is -2.36. The quantitative estimate of drug-likeness (QED) is 0.638. The summed E-state index contributed by atoms with van der Waals surface area (Å²) in [5, 5.41) is 0.802. The molecule has 5 heteroatoms. The summed E-state index contributed by atoms with van der Waals surface area (Å²) in [6.07, 6.45) is 4.82. The van der Waals surface area contributed by atoms with E-state index in [9.17, 15) is 0 Å². The third-order valence-corrected chi connectivity index (χ3v) is 5.77. The Morgan fingerprint density at radius 1 is 0.889 bits per heavy atom. The van der Waals surface area contributed by atoms with Gasteiger partial charge in [0.1, 0.15) is 5.75 Å². The van der Waals surface area contributed by atoms with Gasteiger partial charge in [-0.25, -0.2) is 0 Å². The van der Waals surface area contributed by atoms with E-state index >= 15 is 0 Å². The smallest absolute Gasteiger partial charge is 0.119 e. The fourth-order valence-corrected chi connectivity index (χ4v) is 4.12. The molecule has 1 saturated heterocycles.